The fourth-order valence-corrected chi connectivity index (χ4v) is 1.43. The normalized spacial score (nSPS) is 9.65. The number of nitro benzene ring substituents is 1. The highest BCUT2D eigenvalue weighted by Crippen LogP contribution is 2.27. The zero-order valence-electron chi connectivity index (χ0n) is 9.22. The molecule has 2 N–H and O–H groups in total. The van der Waals surface area contributed by atoms with E-state index >= 15 is 0 Å². The second-order valence-corrected chi connectivity index (χ2v) is 3.43. The summed E-state index contributed by atoms with van der Waals surface area (Å²) >= 11 is 0. The Morgan fingerprint density at radius 3 is 2.82 bits per heavy atom. The molecule has 0 bridgehead atoms. The molecule has 0 fully saturated rings. The smallest absolute Gasteiger partial charge is 0.309 e. The summed E-state index contributed by atoms with van der Waals surface area (Å²) in [5.74, 6) is 0. The average molecular weight is 235 g/mol. The van der Waals surface area contributed by atoms with Crippen molar-refractivity contribution < 1.29 is 10.0 Å². The Labute approximate surface area is 98.6 Å². The van der Waals surface area contributed by atoms with Gasteiger partial charge in [-0.05, 0) is 25.0 Å². The highest BCUT2D eigenvalue weighted by atomic mass is 16.6. The van der Waals surface area contributed by atoms with Crippen LogP contribution < -0.4 is 5.32 Å². The summed E-state index contributed by atoms with van der Waals surface area (Å²) < 4.78 is 0. The topological polar surface area (TPSA) is 99.2 Å². The lowest BCUT2D eigenvalue weighted by Crippen LogP contribution is -2.06. The maximum Gasteiger partial charge on any atom is 0.309 e. The molecule has 0 aliphatic carbocycles. The van der Waals surface area contributed by atoms with Gasteiger partial charge < -0.3 is 10.4 Å². The van der Waals surface area contributed by atoms with E-state index in [-0.39, 0.29) is 17.9 Å². The van der Waals surface area contributed by atoms with E-state index in [1.54, 1.807) is 18.2 Å². The maximum absolute atomic E-state index is 10.9. The van der Waals surface area contributed by atoms with Crippen LogP contribution in [-0.2, 0) is 0 Å². The third kappa shape index (κ3) is 3.43. The maximum atomic E-state index is 10.9. The van der Waals surface area contributed by atoms with Gasteiger partial charge in [-0.3, -0.25) is 10.1 Å². The van der Waals surface area contributed by atoms with Gasteiger partial charge in [0.2, 0.25) is 0 Å². The van der Waals surface area contributed by atoms with Crippen molar-refractivity contribution in [3.8, 4) is 6.07 Å². The van der Waals surface area contributed by atoms with E-state index in [1.807, 2.05) is 0 Å². The molecule has 0 spiro atoms. The van der Waals surface area contributed by atoms with Crippen LogP contribution in [0.15, 0.2) is 18.2 Å². The molecular weight excluding hydrogens is 222 g/mol. The van der Waals surface area contributed by atoms with Crippen LogP contribution >= 0.6 is 0 Å². The Kier molecular flexibility index (Phi) is 4.91. The number of anilines is 1. The van der Waals surface area contributed by atoms with Crippen LogP contribution in [0.3, 0.4) is 0 Å². The zero-order valence-corrected chi connectivity index (χ0v) is 9.22. The van der Waals surface area contributed by atoms with E-state index in [4.69, 9.17) is 10.4 Å². The molecule has 6 nitrogen and oxygen atoms in total. The highest BCUT2D eigenvalue weighted by Gasteiger charge is 2.18. The average Bonchev–Trinajstić information content (AvgIpc) is 2.33. The van der Waals surface area contributed by atoms with Gasteiger partial charge in [0, 0.05) is 13.2 Å². The third-order valence-electron chi connectivity index (χ3n) is 2.24. The van der Waals surface area contributed by atoms with Gasteiger partial charge in [0.05, 0.1) is 4.92 Å². The molecule has 0 saturated carbocycles. The van der Waals surface area contributed by atoms with Crippen molar-refractivity contribution in [2.75, 3.05) is 18.5 Å². The first-order chi connectivity index (χ1) is 8.20. The largest absolute Gasteiger partial charge is 0.396 e. The number of aliphatic hydroxyl groups excluding tert-OH is 1. The first kappa shape index (κ1) is 12.9. The lowest BCUT2D eigenvalue weighted by Gasteiger charge is -2.06. The van der Waals surface area contributed by atoms with Crippen LogP contribution in [0.2, 0.25) is 0 Å². The molecule has 0 aliphatic heterocycles. The number of benzene rings is 1. The lowest BCUT2D eigenvalue weighted by atomic mass is 10.1. The summed E-state index contributed by atoms with van der Waals surface area (Å²) in [5, 5.41) is 31.2. The Morgan fingerprint density at radius 2 is 2.24 bits per heavy atom. The van der Waals surface area contributed by atoms with Crippen LogP contribution in [-0.4, -0.2) is 23.2 Å². The molecule has 17 heavy (non-hydrogen) atoms. The summed E-state index contributed by atoms with van der Waals surface area (Å²) in [7, 11) is 0. The molecule has 1 rings (SSSR count). The fourth-order valence-electron chi connectivity index (χ4n) is 1.43. The highest BCUT2D eigenvalue weighted by molar-refractivity contribution is 5.68. The molecule has 0 atom stereocenters. The third-order valence-corrected chi connectivity index (χ3v) is 2.24. The van der Waals surface area contributed by atoms with Gasteiger partial charge in [0.25, 0.3) is 0 Å². The second-order valence-electron chi connectivity index (χ2n) is 3.43. The van der Waals surface area contributed by atoms with Gasteiger partial charge in [-0.15, -0.1) is 0 Å². The van der Waals surface area contributed by atoms with E-state index < -0.39 is 4.92 Å². The number of nitriles is 1. The standard InChI is InChI=1S/C11H13N3O3/c12-8-9-4-3-5-10(11(9)14(16)17)13-6-1-2-7-15/h3-5,13,15H,1-2,6-7H2. The minimum absolute atomic E-state index is 0.0437. The van der Waals surface area contributed by atoms with Gasteiger partial charge in [-0.2, -0.15) is 5.26 Å². The Balaban J connectivity index is 2.84. The first-order valence-corrected chi connectivity index (χ1v) is 5.23. The van der Waals surface area contributed by atoms with Crippen molar-refractivity contribution in [2.45, 2.75) is 12.8 Å². The minimum atomic E-state index is -0.563. The van der Waals surface area contributed by atoms with Gasteiger partial charge in [0.1, 0.15) is 17.3 Å². The number of unbranched alkanes of at least 4 members (excludes halogenated alkanes) is 1. The molecule has 6 heteroatoms. The summed E-state index contributed by atoms with van der Waals surface area (Å²) in [6.45, 7) is 0.623. The number of para-hydroxylation sites is 1. The number of nitro groups is 1. The molecule has 0 amide bonds. The molecule has 90 valence electrons. The van der Waals surface area contributed by atoms with Gasteiger partial charge >= 0.3 is 5.69 Å². The van der Waals surface area contributed by atoms with Crippen molar-refractivity contribution >= 4 is 11.4 Å². The van der Waals surface area contributed by atoms with Crippen LogP contribution in [0.5, 0.6) is 0 Å². The second kappa shape index (κ2) is 6.45. The van der Waals surface area contributed by atoms with Gasteiger partial charge in [0.15, 0.2) is 0 Å². The van der Waals surface area contributed by atoms with Crippen molar-refractivity contribution in [3.05, 3.63) is 33.9 Å². The SMILES string of the molecule is N#Cc1cccc(NCCCCO)c1[N+](=O)[O-]. The van der Waals surface area contributed by atoms with Crippen molar-refractivity contribution in [3.63, 3.8) is 0 Å². The molecule has 1 aromatic rings. The Morgan fingerprint density at radius 1 is 1.47 bits per heavy atom. The number of hydrogen-bond donors (Lipinski definition) is 2. The summed E-state index contributed by atoms with van der Waals surface area (Å²) in [6.07, 6.45) is 1.35. The van der Waals surface area contributed by atoms with Gasteiger partial charge in [-0.25, -0.2) is 0 Å². The van der Waals surface area contributed by atoms with Crippen molar-refractivity contribution in [2.24, 2.45) is 0 Å². The Hall–Kier alpha value is -2.13. The van der Waals surface area contributed by atoms with E-state index in [1.165, 1.54) is 6.07 Å². The number of nitrogens with one attached hydrogen (secondary N) is 1. The molecule has 0 unspecified atom stereocenters. The molecule has 0 radical (unpaired) electrons. The molecule has 0 aromatic heterocycles. The van der Waals surface area contributed by atoms with Gasteiger partial charge in [-0.1, -0.05) is 6.07 Å². The van der Waals surface area contributed by atoms with E-state index in [2.05, 4.69) is 5.32 Å². The minimum Gasteiger partial charge on any atom is -0.396 e. The van der Waals surface area contributed by atoms with E-state index in [9.17, 15) is 10.1 Å². The van der Waals surface area contributed by atoms with Crippen molar-refractivity contribution in [1.82, 2.24) is 0 Å². The van der Waals surface area contributed by atoms with Crippen LogP contribution in [0.25, 0.3) is 0 Å². The lowest BCUT2D eigenvalue weighted by molar-refractivity contribution is -0.384. The molecule has 1 aromatic carbocycles. The van der Waals surface area contributed by atoms with Crippen molar-refractivity contribution in [1.29, 1.82) is 5.26 Å². The summed E-state index contributed by atoms with van der Waals surface area (Å²) in [6, 6.07) is 6.38. The summed E-state index contributed by atoms with van der Waals surface area (Å²) in [5.41, 5.74) is 0.188. The van der Waals surface area contributed by atoms with Crippen LogP contribution in [0, 0.1) is 21.4 Å². The molecule has 0 heterocycles. The van der Waals surface area contributed by atoms with Crippen LogP contribution in [0.1, 0.15) is 18.4 Å². The predicted molar refractivity (Wildman–Crippen MR) is 62.6 cm³/mol. The Bertz CT molecular complexity index is 440. The fraction of sp³-hybridized carbons (Fsp3) is 0.364. The molecule has 0 saturated heterocycles. The zero-order chi connectivity index (χ0) is 12.7. The molecule has 0 aliphatic rings. The van der Waals surface area contributed by atoms with E-state index in [0.29, 0.717) is 25.1 Å². The predicted octanol–water partition coefficient (Wildman–Crippen LogP) is 1.65. The quantitative estimate of drug-likeness (QED) is 0.443. The number of aliphatic hydroxyl groups is 1. The van der Waals surface area contributed by atoms with Crippen LogP contribution in [0.4, 0.5) is 11.4 Å². The number of nitrogens with zero attached hydrogens (tertiary/aromatic N) is 2. The molecular formula is C11H13N3O3. The first-order valence-electron chi connectivity index (χ1n) is 5.23. The summed E-state index contributed by atoms with van der Waals surface area (Å²) in [4.78, 5) is 10.3. The van der Waals surface area contributed by atoms with E-state index in [0.717, 1.165) is 0 Å². The monoisotopic (exact) mass is 235 g/mol. The number of rotatable bonds is 6. The number of hydrogen-bond acceptors (Lipinski definition) is 5.